The second-order valence-electron chi connectivity index (χ2n) is 6.98. The summed E-state index contributed by atoms with van der Waals surface area (Å²) in [5.74, 6) is 0.207. The lowest BCUT2D eigenvalue weighted by Gasteiger charge is -2.09. The van der Waals surface area contributed by atoms with Crippen LogP contribution in [0.25, 0.3) is 5.65 Å². The highest BCUT2D eigenvalue weighted by Gasteiger charge is 2.09. The summed E-state index contributed by atoms with van der Waals surface area (Å²) in [6, 6.07) is 20.0. The van der Waals surface area contributed by atoms with Gasteiger partial charge in [-0.2, -0.15) is 0 Å². The van der Waals surface area contributed by atoms with Gasteiger partial charge in [-0.1, -0.05) is 24.3 Å². The molecule has 2 aromatic carbocycles. The van der Waals surface area contributed by atoms with E-state index in [2.05, 4.69) is 15.6 Å². The van der Waals surface area contributed by atoms with Crippen molar-refractivity contribution in [2.45, 2.75) is 13.2 Å². The summed E-state index contributed by atoms with van der Waals surface area (Å²) < 4.78 is 7.76. The van der Waals surface area contributed by atoms with Gasteiger partial charge in [-0.3, -0.25) is 9.59 Å². The van der Waals surface area contributed by atoms with Crippen LogP contribution in [-0.2, 0) is 13.2 Å². The molecule has 0 unspecified atom stereocenters. The molecule has 4 aromatic rings. The van der Waals surface area contributed by atoms with Crippen LogP contribution in [-0.4, -0.2) is 28.2 Å². The number of carbonyl (C=O) groups is 2. The fourth-order valence-electron chi connectivity index (χ4n) is 3.19. The van der Waals surface area contributed by atoms with E-state index < -0.39 is 0 Å². The molecule has 7 heteroatoms. The van der Waals surface area contributed by atoms with Gasteiger partial charge >= 0.3 is 0 Å². The van der Waals surface area contributed by atoms with E-state index >= 15 is 0 Å². The van der Waals surface area contributed by atoms with Crippen molar-refractivity contribution in [3.05, 3.63) is 102 Å². The van der Waals surface area contributed by atoms with Crippen molar-refractivity contribution >= 4 is 17.5 Å². The van der Waals surface area contributed by atoms with Gasteiger partial charge in [-0.15, -0.1) is 0 Å². The third-order valence-corrected chi connectivity index (χ3v) is 4.77. The molecule has 2 amide bonds. The Hall–Kier alpha value is -4.13. The van der Waals surface area contributed by atoms with E-state index in [9.17, 15) is 9.59 Å². The average molecular weight is 414 g/mol. The molecule has 0 aliphatic carbocycles. The minimum Gasteiger partial charge on any atom is -0.487 e. The molecule has 2 aromatic heterocycles. The minimum atomic E-state index is -0.219. The molecule has 0 fully saturated rings. The molecule has 0 aliphatic rings. The summed E-state index contributed by atoms with van der Waals surface area (Å²) in [6.07, 6.45) is 3.85. The Balaban J connectivity index is 1.37. The van der Waals surface area contributed by atoms with Crippen molar-refractivity contribution in [3.63, 3.8) is 0 Å². The first-order valence-electron chi connectivity index (χ1n) is 9.87. The number of rotatable bonds is 7. The molecule has 0 radical (unpaired) electrons. The Morgan fingerprint density at radius 3 is 2.58 bits per heavy atom. The standard InChI is InChI=1S/C24H22N4O3/c1-25-23(29)18-7-4-6-17(12-18)14-26-24(30)19-8-5-9-21(13-19)31-16-20-15-28-11-3-2-10-22(28)27-20/h2-13,15H,14,16H2,1H3,(H,25,29)(H,26,30). The number of carbonyl (C=O) groups excluding carboxylic acids is 2. The van der Waals surface area contributed by atoms with Crippen LogP contribution in [0.15, 0.2) is 79.1 Å². The highest BCUT2D eigenvalue weighted by molar-refractivity contribution is 5.95. The van der Waals surface area contributed by atoms with E-state index in [0.29, 0.717) is 30.0 Å². The molecule has 0 aliphatic heterocycles. The van der Waals surface area contributed by atoms with Crippen LogP contribution >= 0.6 is 0 Å². The fraction of sp³-hybridized carbons (Fsp3) is 0.125. The largest absolute Gasteiger partial charge is 0.487 e. The van der Waals surface area contributed by atoms with Crippen LogP contribution in [0, 0.1) is 0 Å². The van der Waals surface area contributed by atoms with Crippen molar-refractivity contribution < 1.29 is 14.3 Å². The SMILES string of the molecule is CNC(=O)c1cccc(CNC(=O)c2cccc(OCc3cn4ccccc4n3)c2)c1. The number of pyridine rings is 1. The van der Waals surface area contributed by atoms with Gasteiger partial charge in [0.05, 0.1) is 5.69 Å². The smallest absolute Gasteiger partial charge is 0.251 e. The van der Waals surface area contributed by atoms with Gasteiger partial charge in [0, 0.05) is 37.1 Å². The van der Waals surface area contributed by atoms with Crippen LogP contribution in [0.2, 0.25) is 0 Å². The summed E-state index contributed by atoms with van der Waals surface area (Å²) in [5, 5.41) is 5.47. The Kier molecular flexibility index (Phi) is 5.93. The van der Waals surface area contributed by atoms with Crippen LogP contribution in [0.5, 0.6) is 5.75 Å². The highest BCUT2D eigenvalue weighted by atomic mass is 16.5. The second-order valence-corrected chi connectivity index (χ2v) is 6.98. The number of nitrogens with zero attached hydrogens (tertiary/aromatic N) is 2. The second kappa shape index (κ2) is 9.13. The van der Waals surface area contributed by atoms with Crippen molar-refractivity contribution in [2.24, 2.45) is 0 Å². The van der Waals surface area contributed by atoms with E-state index in [1.165, 1.54) is 0 Å². The molecular weight excluding hydrogens is 392 g/mol. The number of imidazole rings is 1. The molecule has 2 heterocycles. The summed E-state index contributed by atoms with van der Waals surface area (Å²) in [5.41, 5.74) is 3.55. The van der Waals surface area contributed by atoms with Gasteiger partial charge in [0.1, 0.15) is 18.0 Å². The summed E-state index contributed by atoms with van der Waals surface area (Å²) in [4.78, 5) is 28.8. The quantitative estimate of drug-likeness (QED) is 0.486. The van der Waals surface area contributed by atoms with Crippen molar-refractivity contribution in [2.75, 3.05) is 7.05 Å². The van der Waals surface area contributed by atoms with E-state index in [0.717, 1.165) is 16.9 Å². The van der Waals surface area contributed by atoms with Gasteiger partial charge in [0.2, 0.25) is 0 Å². The molecule has 0 bridgehead atoms. The molecule has 7 nitrogen and oxygen atoms in total. The number of amides is 2. The molecule has 31 heavy (non-hydrogen) atoms. The van der Waals surface area contributed by atoms with Gasteiger partial charge in [-0.05, 0) is 48.0 Å². The predicted molar refractivity (Wildman–Crippen MR) is 117 cm³/mol. The van der Waals surface area contributed by atoms with E-state index in [4.69, 9.17) is 4.74 Å². The fourth-order valence-corrected chi connectivity index (χ4v) is 3.19. The topological polar surface area (TPSA) is 84.7 Å². The van der Waals surface area contributed by atoms with Crippen molar-refractivity contribution in [3.8, 4) is 5.75 Å². The van der Waals surface area contributed by atoms with E-state index in [1.807, 2.05) is 41.1 Å². The summed E-state index contributed by atoms with van der Waals surface area (Å²) in [6.45, 7) is 0.620. The lowest BCUT2D eigenvalue weighted by molar-refractivity contribution is 0.0948. The Bertz CT molecular complexity index is 1200. The third-order valence-electron chi connectivity index (χ3n) is 4.77. The first kappa shape index (κ1) is 20.2. The predicted octanol–water partition coefficient (Wildman–Crippen LogP) is 3.20. The number of aromatic nitrogens is 2. The zero-order valence-corrected chi connectivity index (χ0v) is 17.0. The van der Waals surface area contributed by atoms with Crippen LogP contribution in [0.3, 0.4) is 0 Å². The summed E-state index contributed by atoms with van der Waals surface area (Å²) >= 11 is 0. The molecule has 0 saturated heterocycles. The third kappa shape index (κ3) is 4.90. The first-order chi connectivity index (χ1) is 15.1. The Morgan fingerprint density at radius 1 is 0.968 bits per heavy atom. The van der Waals surface area contributed by atoms with Crippen molar-refractivity contribution in [1.29, 1.82) is 0 Å². The first-order valence-corrected chi connectivity index (χ1v) is 9.87. The lowest BCUT2D eigenvalue weighted by atomic mass is 10.1. The zero-order valence-electron chi connectivity index (χ0n) is 17.0. The maximum absolute atomic E-state index is 12.6. The molecule has 0 atom stereocenters. The number of ether oxygens (including phenoxy) is 1. The van der Waals surface area contributed by atoms with Crippen LogP contribution in [0.4, 0.5) is 0 Å². The molecule has 156 valence electrons. The van der Waals surface area contributed by atoms with Crippen LogP contribution < -0.4 is 15.4 Å². The molecular formula is C24H22N4O3. The number of hydrogen-bond donors (Lipinski definition) is 2. The average Bonchev–Trinajstić information content (AvgIpc) is 3.24. The number of benzene rings is 2. The van der Waals surface area contributed by atoms with Gasteiger partial charge < -0.3 is 19.8 Å². The number of nitrogens with one attached hydrogen (secondary N) is 2. The normalized spacial score (nSPS) is 10.6. The van der Waals surface area contributed by atoms with E-state index in [-0.39, 0.29) is 11.8 Å². The highest BCUT2D eigenvalue weighted by Crippen LogP contribution is 2.16. The maximum atomic E-state index is 12.6. The van der Waals surface area contributed by atoms with Gasteiger partial charge in [-0.25, -0.2) is 4.98 Å². The monoisotopic (exact) mass is 414 g/mol. The van der Waals surface area contributed by atoms with Gasteiger partial charge in [0.25, 0.3) is 11.8 Å². The summed E-state index contributed by atoms with van der Waals surface area (Å²) in [7, 11) is 1.58. The number of fused-ring (bicyclic) bond motifs is 1. The minimum absolute atomic E-state index is 0.163. The maximum Gasteiger partial charge on any atom is 0.251 e. The van der Waals surface area contributed by atoms with Gasteiger partial charge in [0.15, 0.2) is 0 Å². The van der Waals surface area contributed by atoms with E-state index in [1.54, 1.807) is 49.5 Å². The van der Waals surface area contributed by atoms with Crippen LogP contribution in [0.1, 0.15) is 32.0 Å². The molecule has 4 rings (SSSR count). The molecule has 2 N–H and O–H groups in total. The number of hydrogen-bond acceptors (Lipinski definition) is 4. The van der Waals surface area contributed by atoms with Crippen molar-refractivity contribution in [1.82, 2.24) is 20.0 Å². The molecule has 0 spiro atoms. The Morgan fingerprint density at radius 2 is 1.77 bits per heavy atom. The lowest BCUT2D eigenvalue weighted by Crippen LogP contribution is -2.23. The Labute approximate surface area is 179 Å². The zero-order chi connectivity index (χ0) is 21.6. The molecule has 0 saturated carbocycles.